The Kier molecular flexibility index (Phi) is 2.96. The van der Waals surface area contributed by atoms with Crippen LogP contribution in [-0.2, 0) is 0 Å². The van der Waals surface area contributed by atoms with Gasteiger partial charge in [-0.1, -0.05) is 0 Å². The number of rotatable bonds is 3. The summed E-state index contributed by atoms with van der Waals surface area (Å²) in [7, 11) is 3.00. The molecule has 0 saturated carbocycles. The molecule has 4 nitrogen and oxygen atoms in total. The van der Waals surface area contributed by atoms with Crippen molar-refractivity contribution in [3.8, 4) is 17.2 Å². The molecule has 0 spiro atoms. The molecule has 1 aromatic rings. The van der Waals surface area contributed by atoms with Crippen molar-refractivity contribution in [3.63, 3.8) is 0 Å². The van der Waals surface area contributed by atoms with Gasteiger partial charge in [0.25, 0.3) is 0 Å². The number of ether oxygens (including phenoxy) is 2. The van der Waals surface area contributed by atoms with Crippen LogP contribution in [0.1, 0.15) is 11.1 Å². The quantitative estimate of drug-likeness (QED) is 0.722. The van der Waals surface area contributed by atoms with E-state index in [0.29, 0.717) is 17.1 Å². The first-order valence-corrected chi connectivity index (χ1v) is 4.10. The Morgan fingerprint density at radius 2 is 2.00 bits per heavy atom. The first-order chi connectivity index (χ1) is 6.65. The number of hydrogen-bond acceptors (Lipinski definition) is 4. The number of nitrogens with one attached hydrogen (secondary N) is 1. The number of phenolic OH excluding ortho intramolecular Hbond substituents is 1. The van der Waals surface area contributed by atoms with Crippen LogP contribution in [0.15, 0.2) is 6.07 Å². The Bertz CT molecular complexity index is 361. The van der Waals surface area contributed by atoms with Gasteiger partial charge in [-0.25, -0.2) is 0 Å². The van der Waals surface area contributed by atoms with E-state index >= 15 is 0 Å². The second-order valence-electron chi connectivity index (χ2n) is 2.82. The van der Waals surface area contributed by atoms with Gasteiger partial charge in [0.15, 0.2) is 11.5 Å². The van der Waals surface area contributed by atoms with Gasteiger partial charge in [-0.3, -0.25) is 0 Å². The fraction of sp³-hybridized carbons (Fsp3) is 0.300. The van der Waals surface area contributed by atoms with Crippen molar-refractivity contribution >= 4 is 6.21 Å². The topological polar surface area (TPSA) is 62.5 Å². The highest BCUT2D eigenvalue weighted by molar-refractivity contribution is 5.84. The Labute approximate surface area is 82.6 Å². The summed E-state index contributed by atoms with van der Waals surface area (Å²) in [6, 6.07) is 1.60. The molecule has 0 aromatic heterocycles. The van der Waals surface area contributed by atoms with E-state index in [4.69, 9.17) is 14.9 Å². The molecule has 0 fully saturated rings. The van der Waals surface area contributed by atoms with Gasteiger partial charge in [-0.2, -0.15) is 0 Å². The first kappa shape index (κ1) is 10.4. The van der Waals surface area contributed by atoms with Crippen LogP contribution in [0.5, 0.6) is 17.2 Å². The summed E-state index contributed by atoms with van der Waals surface area (Å²) in [6.07, 6.45) is 1.06. The number of benzene rings is 1. The second kappa shape index (κ2) is 4.00. The van der Waals surface area contributed by atoms with Gasteiger partial charge in [0.1, 0.15) is 5.75 Å². The summed E-state index contributed by atoms with van der Waals surface area (Å²) in [5.74, 6) is 0.918. The van der Waals surface area contributed by atoms with E-state index in [1.165, 1.54) is 14.2 Å². The molecular weight excluding hydrogens is 182 g/mol. The van der Waals surface area contributed by atoms with Crippen molar-refractivity contribution in [2.45, 2.75) is 6.92 Å². The molecule has 0 aliphatic carbocycles. The molecular formula is C10H13NO3. The normalized spacial score (nSPS) is 9.64. The Hall–Kier alpha value is -1.71. The number of hydrogen-bond donors (Lipinski definition) is 2. The predicted molar refractivity (Wildman–Crippen MR) is 53.8 cm³/mol. The first-order valence-electron chi connectivity index (χ1n) is 4.10. The summed E-state index contributed by atoms with van der Waals surface area (Å²) in [5.41, 5.74) is 1.10. The number of methoxy groups -OCH3 is 2. The third kappa shape index (κ3) is 1.51. The van der Waals surface area contributed by atoms with Crippen molar-refractivity contribution < 1.29 is 14.6 Å². The molecule has 14 heavy (non-hydrogen) atoms. The maximum Gasteiger partial charge on any atom is 0.167 e. The maximum atomic E-state index is 9.66. The van der Waals surface area contributed by atoms with Gasteiger partial charge >= 0.3 is 0 Å². The Balaban J connectivity index is 3.46. The minimum atomic E-state index is -0.0270. The Morgan fingerprint density at radius 1 is 1.36 bits per heavy atom. The zero-order chi connectivity index (χ0) is 10.7. The third-order valence-corrected chi connectivity index (χ3v) is 2.06. The van der Waals surface area contributed by atoms with E-state index in [2.05, 4.69) is 0 Å². The number of phenols is 1. The van der Waals surface area contributed by atoms with Crippen LogP contribution in [0.3, 0.4) is 0 Å². The number of aromatic hydroxyl groups is 1. The fourth-order valence-electron chi connectivity index (χ4n) is 1.31. The van der Waals surface area contributed by atoms with Crippen LogP contribution in [0.25, 0.3) is 0 Å². The minimum Gasteiger partial charge on any atom is -0.504 e. The zero-order valence-electron chi connectivity index (χ0n) is 8.42. The molecule has 0 heterocycles. The van der Waals surface area contributed by atoms with Crippen LogP contribution in [0.2, 0.25) is 0 Å². The molecule has 4 heteroatoms. The fourth-order valence-corrected chi connectivity index (χ4v) is 1.31. The summed E-state index contributed by atoms with van der Waals surface area (Å²) >= 11 is 0. The monoisotopic (exact) mass is 195 g/mol. The van der Waals surface area contributed by atoms with Gasteiger partial charge in [0, 0.05) is 17.3 Å². The molecule has 2 N–H and O–H groups in total. The predicted octanol–water partition coefficient (Wildman–Crippen LogP) is 1.72. The van der Waals surface area contributed by atoms with Gasteiger partial charge in [-0.05, 0) is 13.0 Å². The van der Waals surface area contributed by atoms with Gasteiger partial charge in [-0.15, -0.1) is 0 Å². The highest BCUT2D eigenvalue weighted by Crippen LogP contribution is 2.38. The lowest BCUT2D eigenvalue weighted by molar-refractivity contribution is 0.359. The molecule has 1 rings (SSSR count). The molecule has 0 unspecified atom stereocenters. The van der Waals surface area contributed by atoms with Crippen LogP contribution >= 0.6 is 0 Å². The summed E-state index contributed by atoms with van der Waals surface area (Å²) < 4.78 is 10.1. The smallest absolute Gasteiger partial charge is 0.167 e. The van der Waals surface area contributed by atoms with Crippen molar-refractivity contribution in [2.24, 2.45) is 0 Å². The molecule has 0 aliphatic heterocycles. The van der Waals surface area contributed by atoms with Crippen LogP contribution in [0.4, 0.5) is 0 Å². The van der Waals surface area contributed by atoms with E-state index in [1.54, 1.807) is 13.0 Å². The Morgan fingerprint density at radius 3 is 2.43 bits per heavy atom. The van der Waals surface area contributed by atoms with Crippen LogP contribution in [-0.4, -0.2) is 25.5 Å². The lowest BCUT2D eigenvalue weighted by Crippen LogP contribution is -1.96. The zero-order valence-corrected chi connectivity index (χ0v) is 8.42. The lowest BCUT2D eigenvalue weighted by atomic mass is 10.1. The van der Waals surface area contributed by atoms with Crippen LogP contribution in [0, 0.1) is 12.3 Å². The van der Waals surface area contributed by atoms with Crippen molar-refractivity contribution in [2.75, 3.05) is 14.2 Å². The molecule has 1 aromatic carbocycles. The van der Waals surface area contributed by atoms with Crippen molar-refractivity contribution in [1.82, 2.24) is 0 Å². The average molecular weight is 195 g/mol. The van der Waals surface area contributed by atoms with E-state index in [-0.39, 0.29) is 5.75 Å². The summed E-state index contributed by atoms with van der Waals surface area (Å²) in [6.45, 7) is 1.78. The molecule has 0 bridgehead atoms. The average Bonchev–Trinajstić information content (AvgIpc) is 2.19. The van der Waals surface area contributed by atoms with Gasteiger partial charge in [0.2, 0.25) is 0 Å². The van der Waals surface area contributed by atoms with E-state index in [1.807, 2.05) is 0 Å². The SMILES string of the molecule is COc1cc(C=N)c(O)c(OC)c1C. The standard InChI is InChI=1S/C10H13NO3/c1-6-8(13-2)4-7(5-11)9(12)10(6)14-3/h4-5,11-12H,1-3H3. The largest absolute Gasteiger partial charge is 0.504 e. The van der Waals surface area contributed by atoms with Crippen molar-refractivity contribution in [3.05, 3.63) is 17.2 Å². The van der Waals surface area contributed by atoms with Gasteiger partial charge < -0.3 is 20.0 Å². The molecule has 0 atom stereocenters. The van der Waals surface area contributed by atoms with E-state index < -0.39 is 0 Å². The summed E-state index contributed by atoms with van der Waals surface area (Å²) in [4.78, 5) is 0. The molecule has 0 radical (unpaired) electrons. The minimum absolute atomic E-state index is 0.0270. The second-order valence-corrected chi connectivity index (χ2v) is 2.82. The highest BCUT2D eigenvalue weighted by atomic mass is 16.5. The van der Waals surface area contributed by atoms with Crippen LogP contribution < -0.4 is 9.47 Å². The molecule has 76 valence electrons. The summed E-state index contributed by atoms with van der Waals surface area (Å²) in [5, 5.41) is 16.8. The van der Waals surface area contributed by atoms with Gasteiger partial charge in [0.05, 0.1) is 14.2 Å². The lowest BCUT2D eigenvalue weighted by Gasteiger charge is -2.12. The van der Waals surface area contributed by atoms with E-state index in [9.17, 15) is 5.11 Å². The van der Waals surface area contributed by atoms with Crippen molar-refractivity contribution in [1.29, 1.82) is 5.41 Å². The molecule has 0 saturated heterocycles. The third-order valence-electron chi connectivity index (χ3n) is 2.06. The molecule has 0 amide bonds. The molecule has 0 aliphatic rings. The van der Waals surface area contributed by atoms with E-state index in [0.717, 1.165) is 11.8 Å². The maximum absolute atomic E-state index is 9.66. The highest BCUT2D eigenvalue weighted by Gasteiger charge is 2.14.